The molecule has 0 fully saturated rings. The molecule has 4 rings (SSSR count). The summed E-state index contributed by atoms with van der Waals surface area (Å²) >= 11 is 0. The summed E-state index contributed by atoms with van der Waals surface area (Å²) in [4.78, 5) is 13.1. The number of aromatic nitrogens is 3. The quantitative estimate of drug-likeness (QED) is 0.552. The second kappa shape index (κ2) is 6.33. The zero-order valence-corrected chi connectivity index (χ0v) is 14.2. The lowest BCUT2D eigenvalue weighted by molar-refractivity contribution is 0.415. The number of nitrogens with two attached hydrogens (primary N) is 2. The van der Waals surface area contributed by atoms with Gasteiger partial charge in [0.05, 0.1) is 18.2 Å². The Labute approximate surface area is 150 Å². The summed E-state index contributed by atoms with van der Waals surface area (Å²) in [7, 11) is 1.64. The van der Waals surface area contributed by atoms with Crippen molar-refractivity contribution in [1.29, 1.82) is 0 Å². The summed E-state index contributed by atoms with van der Waals surface area (Å²) in [5.74, 6) is 1.19. The minimum atomic E-state index is 0.400. The third-order valence-corrected chi connectivity index (χ3v) is 4.24. The number of anilines is 2. The summed E-state index contributed by atoms with van der Waals surface area (Å²) in [6, 6.07) is 17.3. The van der Waals surface area contributed by atoms with Gasteiger partial charge in [0.2, 0.25) is 0 Å². The Morgan fingerprint density at radius 3 is 2.23 bits per heavy atom. The molecule has 0 atom stereocenters. The Morgan fingerprint density at radius 2 is 1.54 bits per heavy atom. The molecule has 6 heteroatoms. The molecule has 0 saturated heterocycles. The second-order valence-electron chi connectivity index (χ2n) is 5.86. The van der Waals surface area contributed by atoms with Crippen LogP contribution in [0.2, 0.25) is 0 Å². The minimum absolute atomic E-state index is 0.400. The van der Waals surface area contributed by atoms with Gasteiger partial charge in [-0.3, -0.25) is 0 Å². The standard InChI is InChI=1S/C20H17N5O/c1-26-15-8-4-12(5-9-15)16-10-17(13-2-6-14(21)7-3-13)25-20-18(16)19(22)23-11-24-20/h2-11H,21H2,1H3,(H2,22,23,24,25). The van der Waals surface area contributed by atoms with E-state index >= 15 is 0 Å². The van der Waals surface area contributed by atoms with Crippen molar-refractivity contribution < 1.29 is 4.74 Å². The first-order valence-electron chi connectivity index (χ1n) is 8.07. The molecule has 128 valence electrons. The van der Waals surface area contributed by atoms with E-state index in [-0.39, 0.29) is 0 Å². The molecule has 6 nitrogen and oxygen atoms in total. The Bertz CT molecular complexity index is 1080. The lowest BCUT2D eigenvalue weighted by Crippen LogP contribution is -1.98. The predicted molar refractivity (Wildman–Crippen MR) is 104 cm³/mol. The SMILES string of the molecule is COc1ccc(-c2cc(-c3ccc(N)cc3)nc3ncnc(N)c23)cc1. The van der Waals surface area contributed by atoms with E-state index in [2.05, 4.69) is 15.0 Å². The van der Waals surface area contributed by atoms with Crippen LogP contribution >= 0.6 is 0 Å². The number of hydrogen-bond donors (Lipinski definition) is 2. The molecule has 0 aliphatic heterocycles. The number of fused-ring (bicyclic) bond motifs is 1. The molecule has 0 saturated carbocycles. The average molecular weight is 343 g/mol. The number of pyridine rings is 1. The van der Waals surface area contributed by atoms with Crippen LogP contribution < -0.4 is 16.2 Å². The predicted octanol–water partition coefficient (Wildman–Crippen LogP) is 3.53. The summed E-state index contributed by atoms with van der Waals surface area (Å²) in [5.41, 5.74) is 16.8. The van der Waals surface area contributed by atoms with Crippen molar-refractivity contribution in [3.8, 4) is 28.1 Å². The van der Waals surface area contributed by atoms with Gasteiger partial charge in [0.1, 0.15) is 17.9 Å². The van der Waals surface area contributed by atoms with E-state index in [0.29, 0.717) is 17.2 Å². The fourth-order valence-electron chi connectivity index (χ4n) is 2.89. The highest BCUT2D eigenvalue weighted by Gasteiger charge is 2.13. The summed E-state index contributed by atoms with van der Waals surface area (Å²) in [6.45, 7) is 0. The number of nitrogens with zero attached hydrogens (tertiary/aromatic N) is 3. The van der Waals surface area contributed by atoms with Gasteiger partial charge in [-0.1, -0.05) is 24.3 Å². The van der Waals surface area contributed by atoms with Crippen molar-refractivity contribution in [2.45, 2.75) is 0 Å². The van der Waals surface area contributed by atoms with Crippen LogP contribution in [0.3, 0.4) is 0 Å². The van der Waals surface area contributed by atoms with Gasteiger partial charge in [-0.15, -0.1) is 0 Å². The highest BCUT2D eigenvalue weighted by atomic mass is 16.5. The average Bonchev–Trinajstić information content (AvgIpc) is 2.68. The van der Waals surface area contributed by atoms with Crippen LogP contribution in [0, 0.1) is 0 Å². The molecular weight excluding hydrogens is 326 g/mol. The van der Waals surface area contributed by atoms with Crippen LogP contribution in [-0.2, 0) is 0 Å². The molecule has 2 heterocycles. The van der Waals surface area contributed by atoms with Gasteiger partial charge in [0, 0.05) is 11.3 Å². The maximum absolute atomic E-state index is 6.13. The third-order valence-electron chi connectivity index (χ3n) is 4.24. The fourth-order valence-corrected chi connectivity index (χ4v) is 2.89. The summed E-state index contributed by atoms with van der Waals surface area (Å²) in [5, 5.41) is 0.733. The number of rotatable bonds is 3. The molecule has 4 N–H and O–H groups in total. The molecule has 0 bridgehead atoms. The molecule has 2 aromatic carbocycles. The number of benzene rings is 2. The first-order valence-corrected chi connectivity index (χ1v) is 8.07. The molecule has 0 unspecified atom stereocenters. The first kappa shape index (κ1) is 15.8. The van der Waals surface area contributed by atoms with Crippen molar-refractivity contribution in [3.63, 3.8) is 0 Å². The van der Waals surface area contributed by atoms with Crippen LogP contribution in [0.15, 0.2) is 60.9 Å². The first-order chi connectivity index (χ1) is 12.7. The van der Waals surface area contributed by atoms with Crippen molar-refractivity contribution in [1.82, 2.24) is 15.0 Å². The summed E-state index contributed by atoms with van der Waals surface area (Å²) < 4.78 is 5.25. The van der Waals surface area contributed by atoms with Crippen LogP contribution in [0.1, 0.15) is 0 Å². The molecule has 0 amide bonds. The zero-order valence-electron chi connectivity index (χ0n) is 14.2. The van der Waals surface area contributed by atoms with Gasteiger partial charge in [-0.25, -0.2) is 15.0 Å². The van der Waals surface area contributed by atoms with Gasteiger partial charge in [-0.05, 0) is 41.5 Å². The van der Waals surface area contributed by atoms with E-state index in [1.54, 1.807) is 7.11 Å². The number of nitrogen functional groups attached to an aromatic ring is 2. The van der Waals surface area contributed by atoms with Gasteiger partial charge in [0.15, 0.2) is 5.65 Å². The molecule has 26 heavy (non-hydrogen) atoms. The van der Waals surface area contributed by atoms with Crippen LogP contribution in [0.5, 0.6) is 5.75 Å². The number of ether oxygens (including phenoxy) is 1. The number of methoxy groups -OCH3 is 1. The maximum Gasteiger partial charge on any atom is 0.165 e. The van der Waals surface area contributed by atoms with Crippen molar-refractivity contribution in [3.05, 3.63) is 60.9 Å². The Kier molecular flexibility index (Phi) is 3.85. The highest BCUT2D eigenvalue weighted by Crippen LogP contribution is 2.34. The van der Waals surface area contributed by atoms with Gasteiger partial charge >= 0.3 is 0 Å². The van der Waals surface area contributed by atoms with Crippen molar-refractivity contribution >= 4 is 22.5 Å². The van der Waals surface area contributed by atoms with E-state index in [4.69, 9.17) is 16.2 Å². The third kappa shape index (κ3) is 2.77. The zero-order chi connectivity index (χ0) is 18.1. The van der Waals surface area contributed by atoms with E-state index in [9.17, 15) is 0 Å². The Balaban J connectivity index is 1.97. The molecule has 0 aliphatic rings. The summed E-state index contributed by atoms with van der Waals surface area (Å²) in [6.07, 6.45) is 1.43. The molecule has 2 aromatic heterocycles. The van der Waals surface area contributed by atoms with Gasteiger partial charge < -0.3 is 16.2 Å². The molecule has 0 radical (unpaired) electrons. The monoisotopic (exact) mass is 343 g/mol. The lowest BCUT2D eigenvalue weighted by atomic mass is 9.99. The minimum Gasteiger partial charge on any atom is -0.497 e. The van der Waals surface area contributed by atoms with Crippen LogP contribution in [0.25, 0.3) is 33.4 Å². The van der Waals surface area contributed by atoms with Crippen molar-refractivity contribution in [2.24, 2.45) is 0 Å². The topological polar surface area (TPSA) is 99.9 Å². The van der Waals surface area contributed by atoms with Crippen LogP contribution in [-0.4, -0.2) is 22.1 Å². The molecule has 4 aromatic rings. The van der Waals surface area contributed by atoms with Crippen molar-refractivity contribution in [2.75, 3.05) is 18.6 Å². The molecule has 0 aliphatic carbocycles. The van der Waals surface area contributed by atoms with E-state index in [1.807, 2.05) is 54.6 Å². The van der Waals surface area contributed by atoms with E-state index in [0.717, 1.165) is 33.5 Å². The lowest BCUT2D eigenvalue weighted by Gasteiger charge is -2.11. The van der Waals surface area contributed by atoms with E-state index in [1.165, 1.54) is 6.33 Å². The fraction of sp³-hybridized carbons (Fsp3) is 0.0500. The molecular formula is C20H17N5O. The normalized spacial score (nSPS) is 10.8. The van der Waals surface area contributed by atoms with Gasteiger partial charge in [0.25, 0.3) is 0 Å². The maximum atomic E-state index is 6.13. The van der Waals surface area contributed by atoms with Crippen LogP contribution in [0.4, 0.5) is 11.5 Å². The largest absolute Gasteiger partial charge is 0.497 e. The second-order valence-corrected chi connectivity index (χ2v) is 5.86. The molecule has 0 spiro atoms. The Morgan fingerprint density at radius 1 is 0.846 bits per heavy atom. The Hall–Kier alpha value is -3.67. The van der Waals surface area contributed by atoms with E-state index < -0.39 is 0 Å². The highest BCUT2D eigenvalue weighted by molar-refractivity contribution is 6.00. The number of hydrogen-bond acceptors (Lipinski definition) is 6. The smallest absolute Gasteiger partial charge is 0.165 e. The van der Waals surface area contributed by atoms with Gasteiger partial charge in [-0.2, -0.15) is 0 Å².